The highest BCUT2D eigenvalue weighted by Crippen LogP contribution is 2.43. The van der Waals surface area contributed by atoms with Gasteiger partial charge in [0.1, 0.15) is 23.0 Å². The molecule has 0 radical (unpaired) electrons. The second-order valence-electron chi connectivity index (χ2n) is 8.14. The molecule has 0 aromatic carbocycles. The number of fused-ring (bicyclic) bond motifs is 1. The monoisotopic (exact) mass is 447 g/mol. The lowest BCUT2D eigenvalue weighted by Gasteiger charge is -2.39. The molecule has 0 unspecified atom stereocenters. The number of rotatable bonds is 4. The topological polar surface area (TPSA) is 80.0 Å². The highest BCUT2D eigenvalue weighted by Gasteiger charge is 2.45. The largest absolute Gasteiger partial charge is 0.355 e. The van der Waals surface area contributed by atoms with Crippen molar-refractivity contribution < 1.29 is 13.6 Å². The highest BCUT2D eigenvalue weighted by molar-refractivity contribution is 6.29. The average molecular weight is 448 g/mol. The Labute approximate surface area is 181 Å². The molecular weight excluding hydrogens is 428 g/mol. The molecule has 5 rings (SSSR count). The smallest absolute Gasteiger partial charge is 0.258 e. The fourth-order valence-electron chi connectivity index (χ4n) is 4.46. The molecular formula is C20H20ClF2N7O. The van der Waals surface area contributed by atoms with Crippen LogP contribution in [0.2, 0.25) is 5.15 Å². The van der Waals surface area contributed by atoms with Gasteiger partial charge in [0.05, 0.1) is 24.3 Å². The van der Waals surface area contributed by atoms with Crippen LogP contribution in [0, 0.1) is 5.41 Å². The van der Waals surface area contributed by atoms with Gasteiger partial charge in [-0.3, -0.25) is 4.79 Å². The van der Waals surface area contributed by atoms with Gasteiger partial charge in [-0.25, -0.2) is 28.4 Å². The van der Waals surface area contributed by atoms with E-state index in [0.29, 0.717) is 48.2 Å². The van der Waals surface area contributed by atoms with Crippen molar-refractivity contribution in [2.24, 2.45) is 5.41 Å². The summed E-state index contributed by atoms with van der Waals surface area (Å²) in [5.74, 6) is 0.733. The summed E-state index contributed by atoms with van der Waals surface area (Å²) >= 11 is 5.86. The zero-order valence-electron chi connectivity index (χ0n) is 16.6. The fraction of sp³-hybridized carbons (Fsp3) is 0.450. The number of piperidine rings is 1. The minimum absolute atomic E-state index is 0.0923. The lowest BCUT2D eigenvalue weighted by Crippen LogP contribution is -2.42. The van der Waals surface area contributed by atoms with Crippen molar-refractivity contribution in [3.8, 4) is 0 Å². The molecule has 31 heavy (non-hydrogen) atoms. The van der Waals surface area contributed by atoms with E-state index in [4.69, 9.17) is 11.6 Å². The number of aromatic nitrogens is 5. The first-order chi connectivity index (χ1) is 14.9. The second-order valence-corrected chi connectivity index (χ2v) is 8.52. The molecule has 2 saturated heterocycles. The average Bonchev–Trinajstić information content (AvgIpc) is 3.29. The van der Waals surface area contributed by atoms with Crippen molar-refractivity contribution in [3.63, 3.8) is 0 Å². The van der Waals surface area contributed by atoms with E-state index in [2.05, 4.69) is 25.0 Å². The van der Waals surface area contributed by atoms with Crippen molar-refractivity contribution in [3.05, 3.63) is 35.9 Å². The first-order valence-electron chi connectivity index (χ1n) is 10.1. The first kappa shape index (κ1) is 20.0. The van der Waals surface area contributed by atoms with E-state index in [-0.39, 0.29) is 11.3 Å². The summed E-state index contributed by atoms with van der Waals surface area (Å²) in [7, 11) is 0. The van der Waals surface area contributed by atoms with Crippen molar-refractivity contribution in [1.29, 1.82) is 0 Å². The summed E-state index contributed by atoms with van der Waals surface area (Å²) in [6.45, 7) is 1.56. The summed E-state index contributed by atoms with van der Waals surface area (Å²) in [5, 5.41) is 4.36. The molecule has 0 atom stereocenters. The van der Waals surface area contributed by atoms with Crippen LogP contribution in [0.5, 0.6) is 0 Å². The Kier molecular flexibility index (Phi) is 4.96. The van der Waals surface area contributed by atoms with Crippen LogP contribution in [0.15, 0.2) is 30.7 Å². The van der Waals surface area contributed by atoms with Gasteiger partial charge < -0.3 is 9.80 Å². The molecule has 1 spiro atoms. The fourth-order valence-corrected chi connectivity index (χ4v) is 4.57. The summed E-state index contributed by atoms with van der Waals surface area (Å²) in [6, 6.07) is 3.50. The molecule has 0 aliphatic carbocycles. The first-order valence-corrected chi connectivity index (χ1v) is 10.4. The number of carbonyl (C=O) groups excluding carboxylic acids is 1. The van der Waals surface area contributed by atoms with E-state index in [0.717, 1.165) is 18.5 Å². The number of carbonyl (C=O) groups is 1. The van der Waals surface area contributed by atoms with Crippen LogP contribution in [0.25, 0.3) is 11.2 Å². The lowest BCUT2D eigenvalue weighted by atomic mass is 9.77. The standard InChI is InChI=1S/C20H20ClF2N7O/c21-15-2-1-13(8-25-15)29-12-20(7-18(29)31)3-5-28(6-4-20)17-10-24-14-9-26-30(11-16(22)23)19(14)27-17/h1-2,8-10,16H,3-7,11-12H2. The molecule has 0 N–H and O–H groups in total. The predicted molar refractivity (Wildman–Crippen MR) is 111 cm³/mol. The molecule has 2 fully saturated rings. The van der Waals surface area contributed by atoms with E-state index in [1.807, 2.05) is 6.07 Å². The van der Waals surface area contributed by atoms with Crippen LogP contribution in [-0.4, -0.2) is 56.7 Å². The zero-order valence-corrected chi connectivity index (χ0v) is 17.3. The van der Waals surface area contributed by atoms with Crippen LogP contribution in [0.3, 0.4) is 0 Å². The number of nitrogens with zero attached hydrogens (tertiary/aromatic N) is 7. The van der Waals surface area contributed by atoms with Crippen molar-refractivity contribution in [2.45, 2.75) is 32.2 Å². The molecule has 3 aromatic heterocycles. The maximum Gasteiger partial charge on any atom is 0.258 e. The number of anilines is 2. The Balaban J connectivity index is 1.30. The minimum Gasteiger partial charge on any atom is -0.355 e. The summed E-state index contributed by atoms with van der Waals surface area (Å²) in [4.78, 5) is 29.5. The number of hydrogen-bond donors (Lipinski definition) is 0. The predicted octanol–water partition coefficient (Wildman–Crippen LogP) is 3.16. The van der Waals surface area contributed by atoms with Crippen molar-refractivity contribution >= 4 is 40.2 Å². The van der Waals surface area contributed by atoms with E-state index in [1.54, 1.807) is 23.4 Å². The van der Waals surface area contributed by atoms with Gasteiger partial charge in [0.25, 0.3) is 6.43 Å². The van der Waals surface area contributed by atoms with Crippen LogP contribution in [0.1, 0.15) is 19.3 Å². The Hall–Kier alpha value is -2.88. The molecule has 11 heteroatoms. The van der Waals surface area contributed by atoms with E-state index >= 15 is 0 Å². The molecule has 2 aliphatic rings. The number of hydrogen-bond acceptors (Lipinski definition) is 6. The van der Waals surface area contributed by atoms with Gasteiger partial charge in [0, 0.05) is 31.5 Å². The lowest BCUT2D eigenvalue weighted by molar-refractivity contribution is -0.117. The van der Waals surface area contributed by atoms with Gasteiger partial charge >= 0.3 is 0 Å². The third-order valence-corrected chi connectivity index (χ3v) is 6.36. The maximum absolute atomic E-state index is 12.8. The molecule has 1 amide bonds. The third kappa shape index (κ3) is 3.80. The van der Waals surface area contributed by atoms with Crippen molar-refractivity contribution in [1.82, 2.24) is 24.7 Å². The number of halogens is 3. The molecule has 0 saturated carbocycles. The van der Waals surface area contributed by atoms with Crippen LogP contribution < -0.4 is 9.80 Å². The molecule has 8 nitrogen and oxygen atoms in total. The van der Waals surface area contributed by atoms with Gasteiger partial charge in [0.15, 0.2) is 5.65 Å². The minimum atomic E-state index is -2.51. The van der Waals surface area contributed by atoms with Gasteiger partial charge in [-0.05, 0) is 25.0 Å². The highest BCUT2D eigenvalue weighted by atomic mass is 35.5. The second kappa shape index (κ2) is 7.67. The number of amides is 1. The third-order valence-electron chi connectivity index (χ3n) is 6.14. The van der Waals surface area contributed by atoms with Gasteiger partial charge in [-0.15, -0.1) is 0 Å². The van der Waals surface area contributed by atoms with Gasteiger partial charge in [-0.2, -0.15) is 5.10 Å². The Bertz CT molecular complexity index is 1110. The van der Waals surface area contributed by atoms with Gasteiger partial charge in [0.2, 0.25) is 5.91 Å². The quantitative estimate of drug-likeness (QED) is 0.571. The maximum atomic E-state index is 12.8. The Morgan fingerprint density at radius 1 is 1.13 bits per heavy atom. The number of pyridine rings is 1. The summed E-state index contributed by atoms with van der Waals surface area (Å²) in [5.41, 5.74) is 1.52. The van der Waals surface area contributed by atoms with Crippen LogP contribution in [0.4, 0.5) is 20.3 Å². The van der Waals surface area contributed by atoms with Crippen molar-refractivity contribution in [2.75, 3.05) is 29.4 Å². The van der Waals surface area contributed by atoms with Gasteiger partial charge in [-0.1, -0.05) is 11.6 Å². The molecule has 0 bridgehead atoms. The Morgan fingerprint density at radius 3 is 2.65 bits per heavy atom. The molecule has 2 aliphatic heterocycles. The number of alkyl halides is 2. The van der Waals surface area contributed by atoms with Crippen LogP contribution >= 0.6 is 11.6 Å². The normalized spacial score (nSPS) is 18.6. The van der Waals surface area contributed by atoms with E-state index in [1.165, 1.54) is 10.9 Å². The molecule has 3 aromatic rings. The molecule has 162 valence electrons. The summed E-state index contributed by atoms with van der Waals surface area (Å²) < 4.78 is 26.8. The van der Waals surface area contributed by atoms with E-state index < -0.39 is 13.0 Å². The SMILES string of the molecule is O=C1CC2(CCN(c3cnc4cnn(CC(F)F)c4n3)CC2)CN1c1ccc(Cl)nc1. The zero-order chi connectivity index (χ0) is 21.6. The molecule has 5 heterocycles. The van der Waals surface area contributed by atoms with E-state index in [9.17, 15) is 13.6 Å². The summed E-state index contributed by atoms with van der Waals surface area (Å²) in [6.07, 6.45) is 4.36. The Morgan fingerprint density at radius 2 is 1.94 bits per heavy atom. The van der Waals surface area contributed by atoms with Crippen LogP contribution in [-0.2, 0) is 11.3 Å².